The van der Waals surface area contributed by atoms with Crippen molar-refractivity contribution in [2.45, 2.75) is 142 Å². The molecule has 0 spiro atoms. The summed E-state index contributed by atoms with van der Waals surface area (Å²) < 4.78 is 0. The Bertz CT molecular complexity index is 1310. The molecule has 2 nitrogen and oxygen atoms in total. The minimum atomic E-state index is 0.430. The number of benzene rings is 4. The van der Waals surface area contributed by atoms with E-state index in [4.69, 9.17) is 11.5 Å². The molecule has 4 aromatic rings. The minimum Gasteiger partial charge on any atom is -0.399 e. The molecule has 0 saturated carbocycles. The Labute approximate surface area is 300 Å². The topological polar surface area (TPSA) is 52.0 Å². The maximum Gasteiger partial charge on any atom is 0.0314 e. The number of unbranched alkanes of at least 4 members (excludes halogenated alkanes) is 10. The van der Waals surface area contributed by atoms with Gasteiger partial charge >= 0.3 is 0 Å². The number of rotatable bonds is 23. The lowest BCUT2D eigenvalue weighted by molar-refractivity contribution is 0.504. The second-order valence-electron chi connectivity index (χ2n) is 14.7. The lowest BCUT2D eigenvalue weighted by Gasteiger charge is -2.21. The van der Waals surface area contributed by atoms with Crippen molar-refractivity contribution in [2.24, 2.45) is 5.92 Å². The zero-order valence-corrected chi connectivity index (χ0v) is 31.1. The number of nitrogen functional groups attached to an aromatic ring is 2. The highest BCUT2D eigenvalue weighted by Gasteiger charge is 2.17. The maximum atomic E-state index is 6.05. The Morgan fingerprint density at radius 3 is 1.02 bits per heavy atom. The average molecular weight is 659 g/mol. The van der Waals surface area contributed by atoms with Gasteiger partial charge in [0, 0.05) is 23.2 Å². The lowest BCUT2D eigenvalue weighted by atomic mass is 9.84. The summed E-state index contributed by atoms with van der Waals surface area (Å²) in [4.78, 5) is 0. The smallest absolute Gasteiger partial charge is 0.0314 e. The van der Waals surface area contributed by atoms with E-state index in [0.717, 1.165) is 24.2 Å². The summed E-state index contributed by atoms with van der Waals surface area (Å²) in [6, 6.07) is 36.3. The molecule has 0 aliphatic carbocycles. The summed E-state index contributed by atoms with van der Waals surface area (Å²) in [6.45, 7) is 6.93. The van der Waals surface area contributed by atoms with E-state index < -0.39 is 0 Å². The molecule has 4 aromatic carbocycles. The number of anilines is 2. The van der Waals surface area contributed by atoms with Gasteiger partial charge in [-0.05, 0) is 89.2 Å². The van der Waals surface area contributed by atoms with Crippen LogP contribution in [0.25, 0.3) is 0 Å². The van der Waals surface area contributed by atoms with Crippen LogP contribution in [0.4, 0.5) is 11.4 Å². The van der Waals surface area contributed by atoms with E-state index in [-0.39, 0.29) is 0 Å². The first-order chi connectivity index (χ1) is 24.0. The van der Waals surface area contributed by atoms with Gasteiger partial charge in [-0.15, -0.1) is 0 Å². The third-order valence-corrected chi connectivity index (χ3v) is 10.8. The van der Waals surface area contributed by atoms with E-state index in [2.05, 4.69) is 118 Å². The average Bonchev–Trinajstić information content (AvgIpc) is 3.13. The fourth-order valence-electron chi connectivity index (χ4n) is 7.57. The molecule has 0 aliphatic rings. The Balaban J connectivity index is 1.38. The van der Waals surface area contributed by atoms with Crippen LogP contribution < -0.4 is 11.5 Å². The molecule has 4 rings (SSSR count). The molecule has 4 N–H and O–H groups in total. The number of nitrogens with two attached hydrogens (primary N) is 2. The van der Waals surface area contributed by atoms with E-state index in [9.17, 15) is 0 Å². The van der Waals surface area contributed by atoms with Crippen LogP contribution in [0.5, 0.6) is 0 Å². The van der Waals surface area contributed by atoms with Gasteiger partial charge in [0.2, 0.25) is 0 Å². The minimum absolute atomic E-state index is 0.430. The third kappa shape index (κ3) is 13.0. The molecule has 0 aromatic heterocycles. The zero-order chi connectivity index (χ0) is 34.7. The fourth-order valence-corrected chi connectivity index (χ4v) is 7.57. The van der Waals surface area contributed by atoms with Crippen molar-refractivity contribution in [2.75, 3.05) is 11.5 Å². The van der Waals surface area contributed by atoms with Crippen molar-refractivity contribution in [3.8, 4) is 0 Å². The van der Waals surface area contributed by atoms with Crippen LogP contribution in [-0.2, 0) is 12.8 Å². The van der Waals surface area contributed by atoms with Crippen molar-refractivity contribution < 1.29 is 0 Å². The van der Waals surface area contributed by atoms with Gasteiger partial charge in [-0.2, -0.15) is 0 Å². The number of hydrogen-bond acceptors (Lipinski definition) is 2. The molecule has 2 unspecified atom stereocenters. The van der Waals surface area contributed by atoms with Gasteiger partial charge in [0.1, 0.15) is 0 Å². The molecule has 0 saturated heterocycles. The molecule has 0 aliphatic heterocycles. The van der Waals surface area contributed by atoms with Gasteiger partial charge in [-0.3, -0.25) is 0 Å². The second-order valence-corrected chi connectivity index (χ2v) is 14.7. The van der Waals surface area contributed by atoms with Gasteiger partial charge in [-0.25, -0.2) is 0 Å². The summed E-state index contributed by atoms with van der Waals surface area (Å²) in [5.41, 5.74) is 22.3. The standard InChI is InChI=1S/C47H66N2/c1-4-7-9-11-13-15-17-46(42-27-31-44(48)32-28-42)40-23-19-38(20-24-40)35-37(6-3)36-39-21-25-41(26-22-39)47(18-16-14-12-10-8-5-2)43-29-33-45(49)34-30-43/h19-34,37,46-47H,4-18,35-36,48-49H2,1-3H3. The van der Waals surface area contributed by atoms with E-state index in [1.807, 2.05) is 0 Å². The van der Waals surface area contributed by atoms with Gasteiger partial charge in [0.05, 0.1) is 0 Å². The summed E-state index contributed by atoms with van der Waals surface area (Å²) in [5.74, 6) is 1.49. The SMILES string of the molecule is CCCCCCCCC(c1ccc(N)cc1)c1ccc(CC(CC)Cc2ccc(C(CCCCCCCC)c3ccc(N)cc3)cc2)cc1. The van der Waals surface area contributed by atoms with Crippen LogP contribution in [0.3, 0.4) is 0 Å². The molecule has 0 fully saturated rings. The Morgan fingerprint density at radius 1 is 0.388 bits per heavy atom. The van der Waals surface area contributed by atoms with Crippen molar-refractivity contribution in [3.63, 3.8) is 0 Å². The molecule has 0 amide bonds. The van der Waals surface area contributed by atoms with E-state index >= 15 is 0 Å². The van der Waals surface area contributed by atoms with Crippen LogP contribution in [0.2, 0.25) is 0 Å². The molecule has 0 heterocycles. The third-order valence-electron chi connectivity index (χ3n) is 10.8. The van der Waals surface area contributed by atoms with Crippen LogP contribution in [0.1, 0.15) is 162 Å². The van der Waals surface area contributed by atoms with Crippen molar-refractivity contribution in [1.82, 2.24) is 0 Å². The van der Waals surface area contributed by atoms with Gasteiger partial charge in [0.25, 0.3) is 0 Å². The molecule has 49 heavy (non-hydrogen) atoms. The molecule has 264 valence electrons. The Hall–Kier alpha value is -3.52. The van der Waals surface area contributed by atoms with E-state index in [1.54, 1.807) is 0 Å². The summed E-state index contributed by atoms with van der Waals surface area (Å²) in [5, 5.41) is 0. The van der Waals surface area contributed by atoms with Gasteiger partial charge in [0.15, 0.2) is 0 Å². The summed E-state index contributed by atoms with van der Waals surface area (Å²) in [6.07, 6.45) is 21.8. The van der Waals surface area contributed by atoms with E-state index in [1.165, 1.54) is 130 Å². The van der Waals surface area contributed by atoms with Crippen LogP contribution >= 0.6 is 0 Å². The molecule has 2 heteroatoms. The lowest BCUT2D eigenvalue weighted by Crippen LogP contribution is -2.08. The normalized spacial score (nSPS) is 13.3. The molecule has 0 radical (unpaired) electrons. The summed E-state index contributed by atoms with van der Waals surface area (Å²) >= 11 is 0. The second kappa shape index (κ2) is 21.5. The quantitative estimate of drug-likeness (QED) is 0.0615. The first-order valence-electron chi connectivity index (χ1n) is 19.9. The van der Waals surface area contributed by atoms with Crippen LogP contribution in [-0.4, -0.2) is 0 Å². The van der Waals surface area contributed by atoms with Crippen LogP contribution in [0, 0.1) is 5.92 Å². The van der Waals surface area contributed by atoms with E-state index in [0.29, 0.717) is 17.8 Å². The van der Waals surface area contributed by atoms with Crippen LogP contribution in [0.15, 0.2) is 97.1 Å². The van der Waals surface area contributed by atoms with Gasteiger partial charge < -0.3 is 11.5 Å². The first kappa shape index (κ1) is 38.3. The molecule has 0 bridgehead atoms. The zero-order valence-electron chi connectivity index (χ0n) is 31.1. The fraction of sp³-hybridized carbons (Fsp3) is 0.489. The number of hydrogen-bond donors (Lipinski definition) is 2. The predicted molar refractivity (Wildman–Crippen MR) is 215 cm³/mol. The van der Waals surface area contributed by atoms with Crippen molar-refractivity contribution in [3.05, 3.63) is 130 Å². The molecular weight excluding hydrogens is 593 g/mol. The Morgan fingerprint density at radius 2 is 0.694 bits per heavy atom. The van der Waals surface area contributed by atoms with Crippen molar-refractivity contribution >= 4 is 11.4 Å². The highest BCUT2D eigenvalue weighted by molar-refractivity contribution is 5.44. The van der Waals surface area contributed by atoms with Gasteiger partial charge in [-0.1, -0.05) is 177 Å². The largest absolute Gasteiger partial charge is 0.399 e. The Kier molecular flexibility index (Phi) is 16.8. The predicted octanol–water partition coefficient (Wildman–Crippen LogP) is 13.4. The molecule has 2 atom stereocenters. The first-order valence-corrected chi connectivity index (χ1v) is 19.9. The monoisotopic (exact) mass is 659 g/mol. The van der Waals surface area contributed by atoms with Crippen molar-refractivity contribution in [1.29, 1.82) is 0 Å². The highest BCUT2D eigenvalue weighted by Crippen LogP contribution is 2.33. The summed E-state index contributed by atoms with van der Waals surface area (Å²) in [7, 11) is 0. The highest BCUT2D eigenvalue weighted by atomic mass is 14.5. The maximum absolute atomic E-state index is 6.05. The molecular formula is C47H66N2.